The van der Waals surface area contributed by atoms with Gasteiger partial charge in [-0.05, 0) is 32.0 Å². The van der Waals surface area contributed by atoms with Crippen LogP contribution in [0.15, 0.2) is 40.4 Å². The van der Waals surface area contributed by atoms with E-state index in [0.717, 1.165) is 12.4 Å². The third-order valence-corrected chi connectivity index (χ3v) is 7.65. The summed E-state index contributed by atoms with van der Waals surface area (Å²) < 4.78 is 66.3. The lowest BCUT2D eigenvalue weighted by Crippen LogP contribution is -2.54. The Labute approximate surface area is 183 Å². The highest BCUT2D eigenvalue weighted by Gasteiger charge is 2.51. The third-order valence-electron chi connectivity index (χ3n) is 5.20. The van der Waals surface area contributed by atoms with Gasteiger partial charge in [-0.2, -0.15) is 17.5 Å². The average molecular weight is 478 g/mol. The smallest absolute Gasteiger partial charge is 0.399 e. The van der Waals surface area contributed by atoms with E-state index in [1.54, 1.807) is 17.9 Å². The van der Waals surface area contributed by atoms with Crippen molar-refractivity contribution in [1.82, 2.24) is 14.3 Å². The molecule has 0 radical (unpaired) electrons. The first-order chi connectivity index (χ1) is 14.2. The molecule has 170 valence electrons. The number of thiol groups is 1. The molecule has 0 amide bonds. The van der Waals surface area contributed by atoms with E-state index in [4.69, 9.17) is 5.73 Å². The minimum Gasteiger partial charge on any atom is -0.399 e. The number of hydrogen-bond acceptors (Lipinski definition) is 8. The number of piperazine rings is 1. The molecule has 0 aliphatic carbocycles. The number of alkyl halides is 3. The second kappa shape index (κ2) is 8.11. The molecule has 1 aromatic heterocycles. The number of nitrogens with zero attached hydrogens (tertiary/aromatic N) is 4. The Morgan fingerprint density at radius 1 is 1.23 bits per heavy atom. The van der Waals surface area contributed by atoms with Gasteiger partial charge in [-0.1, -0.05) is 0 Å². The average Bonchev–Trinajstić information content (AvgIpc) is 2.69. The second-order valence-corrected chi connectivity index (χ2v) is 9.86. The maximum Gasteiger partial charge on any atom is 0.421 e. The summed E-state index contributed by atoms with van der Waals surface area (Å²) in [5.74, 6) is 0.144. The summed E-state index contributed by atoms with van der Waals surface area (Å²) in [6, 6.07) is 4.06. The SMILES string of the molecule is C[C@H]1CN(S(=O)(=O)c2cc(N)ccc2S)CCN1c1ncc([C@](C)(O)C(F)(F)F)cn1. The minimum atomic E-state index is -4.88. The van der Waals surface area contributed by atoms with Crippen LogP contribution in [-0.4, -0.2) is 59.6 Å². The van der Waals surface area contributed by atoms with Crippen molar-refractivity contribution in [1.29, 1.82) is 0 Å². The fourth-order valence-electron chi connectivity index (χ4n) is 3.20. The number of nitrogens with two attached hydrogens (primary N) is 1. The predicted molar refractivity (Wildman–Crippen MR) is 111 cm³/mol. The van der Waals surface area contributed by atoms with Crippen LogP contribution in [0.25, 0.3) is 0 Å². The van der Waals surface area contributed by atoms with Crippen molar-refractivity contribution >= 4 is 34.3 Å². The van der Waals surface area contributed by atoms with Gasteiger partial charge in [0.1, 0.15) is 0 Å². The molecule has 0 spiro atoms. The van der Waals surface area contributed by atoms with Crippen molar-refractivity contribution < 1.29 is 26.7 Å². The summed E-state index contributed by atoms with van der Waals surface area (Å²) in [6.45, 7) is 2.82. The van der Waals surface area contributed by atoms with Gasteiger partial charge < -0.3 is 15.7 Å². The number of rotatable bonds is 4. The van der Waals surface area contributed by atoms with Crippen molar-refractivity contribution in [3.8, 4) is 0 Å². The zero-order valence-electron chi connectivity index (χ0n) is 16.7. The largest absolute Gasteiger partial charge is 0.421 e. The van der Waals surface area contributed by atoms with Crippen LogP contribution >= 0.6 is 12.6 Å². The van der Waals surface area contributed by atoms with Crippen LogP contribution in [0.3, 0.4) is 0 Å². The van der Waals surface area contributed by atoms with Crippen molar-refractivity contribution in [2.45, 2.75) is 41.5 Å². The highest BCUT2D eigenvalue weighted by Crippen LogP contribution is 2.38. The van der Waals surface area contributed by atoms with E-state index in [2.05, 4.69) is 22.6 Å². The number of anilines is 2. The van der Waals surface area contributed by atoms with Gasteiger partial charge in [0, 0.05) is 54.2 Å². The first-order valence-corrected chi connectivity index (χ1v) is 11.1. The van der Waals surface area contributed by atoms with Crippen LogP contribution in [0.5, 0.6) is 0 Å². The van der Waals surface area contributed by atoms with Gasteiger partial charge >= 0.3 is 6.18 Å². The monoisotopic (exact) mass is 477 g/mol. The van der Waals surface area contributed by atoms with E-state index in [-0.39, 0.29) is 41.4 Å². The van der Waals surface area contributed by atoms with E-state index < -0.39 is 27.4 Å². The molecular weight excluding hydrogens is 455 g/mol. The fourth-order valence-corrected chi connectivity index (χ4v) is 5.32. The van der Waals surface area contributed by atoms with E-state index in [1.807, 2.05) is 0 Å². The summed E-state index contributed by atoms with van der Waals surface area (Å²) in [5, 5.41) is 9.74. The zero-order chi connectivity index (χ0) is 23.2. The molecule has 8 nitrogen and oxygen atoms in total. The lowest BCUT2D eigenvalue weighted by Gasteiger charge is -2.39. The predicted octanol–water partition coefficient (Wildman–Crippen LogP) is 2.02. The molecule has 2 heterocycles. The van der Waals surface area contributed by atoms with Gasteiger partial charge in [0.15, 0.2) is 5.60 Å². The van der Waals surface area contributed by atoms with Crippen molar-refractivity contribution in [3.63, 3.8) is 0 Å². The normalized spacial score (nSPS) is 20.5. The van der Waals surface area contributed by atoms with Gasteiger partial charge in [0.25, 0.3) is 0 Å². The lowest BCUT2D eigenvalue weighted by molar-refractivity contribution is -0.259. The summed E-state index contributed by atoms with van der Waals surface area (Å²) in [5.41, 5.74) is 2.45. The van der Waals surface area contributed by atoms with Crippen LogP contribution < -0.4 is 10.6 Å². The summed E-state index contributed by atoms with van der Waals surface area (Å²) in [7, 11) is -3.84. The molecule has 0 bridgehead atoms. The van der Waals surface area contributed by atoms with Crippen molar-refractivity contribution in [2.75, 3.05) is 30.3 Å². The molecule has 1 aliphatic rings. The van der Waals surface area contributed by atoms with Crippen LogP contribution in [0, 0.1) is 0 Å². The van der Waals surface area contributed by atoms with Crippen LogP contribution in [0.4, 0.5) is 24.8 Å². The Hall–Kier alpha value is -2.09. The highest BCUT2D eigenvalue weighted by atomic mass is 32.2. The van der Waals surface area contributed by atoms with E-state index in [0.29, 0.717) is 12.6 Å². The van der Waals surface area contributed by atoms with E-state index >= 15 is 0 Å². The highest BCUT2D eigenvalue weighted by molar-refractivity contribution is 7.90. The number of hydrogen-bond donors (Lipinski definition) is 3. The molecule has 13 heteroatoms. The maximum absolute atomic E-state index is 13.0. The first-order valence-electron chi connectivity index (χ1n) is 9.22. The number of sulfonamides is 1. The Morgan fingerprint density at radius 2 is 1.84 bits per heavy atom. The Balaban J connectivity index is 1.78. The molecule has 2 atom stereocenters. The van der Waals surface area contributed by atoms with Gasteiger partial charge in [-0.25, -0.2) is 18.4 Å². The second-order valence-electron chi connectivity index (χ2n) is 7.47. The number of aliphatic hydroxyl groups is 1. The molecule has 2 aromatic rings. The van der Waals surface area contributed by atoms with Crippen LogP contribution in [0.2, 0.25) is 0 Å². The summed E-state index contributed by atoms with van der Waals surface area (Å²) in [6.07, 6.45) is -3.03. The molecule has 1 aromatic carbocycles. The van der Waals surface area contributed by atoms with Gasteiger partial charge in [-0.15, -0.1) is 12.6 Å². The molecule has 1 fully saturated rings. The molecule has 1 saturated heterocycles. The lowest BCUT2D eigenvalue weighted by atomic mass is 9.99. The zero-order valence-corrected chi connectivity index (χ0v) is 18.4. The van der Waals surface area contributed by atoms with Crippen molar-refractivity contribution in [3.05, 3.63) is 36.2 Å². The van der Waals surface area contributed by atoms with Crippen molar-refractivity contribution in [2.24, 2.45) is 0 Å². The molecular formula is C18H22F3N5O3S2. The summed E-state index contributed by atoms with van der Waals surface area (Å²) >= 11 is 4.22. The fraction of sp³-hybridized carbons (Fsp3) is 0.444. The molecule has 1 aliphatic heterocycles. The quantitative estimate of drug-likeness (QED) is 0.456. The number of halogens is 3. The summed E-state index contributed by atoms with van der Waals surface area (Å²) in [4.78, 5) is 9.90. The van der Waals surface area contributed by atoms with E-state index in [1.165, 1.54) is 16.4 Å². The van der Waals surface area contributed by atoms with Crippen LogP contribution in [0.1, 0.15) is 19.4 Å². The molecule has 3 N–H and O–H groups in total. The first kappa shape index (κ1) is 23.6. The standard InChI is InChI=1S/C18H22F3N5O3S2/c1-11-10-25(31(28,29)15-7-13(22)3-4-14(15)30)5-6-26(11)16-23-8-12(9-24-16)17(2,27)18(19,20)21/h3-4,7-9,11,27,30H,5-6,10,22H2,1-2H3/t11-,17-/m0/s1. The minimum absolute atomic E-state index is 0.00599. The number of aromatic nitrogens is 2. The maximum atomic E-state index is 13.0. The molecule has 3 rings (SSSR count). The Kier molecular flexibility index (Phi) is 6.17. The molecule has 0 unspecified atom stereocenters. The number of nitrogen functional groups attached to an aromatic ring is 1. The Bertz CT molecular complexity index is 1060. The molecule has 31 heavy (non-hydrogen) atoms. The third kappa shape index (κ3) is 4.45. The van der Waals surface area contributed by atoms with Gasteiger partial charge in [0.05, 0.1) is 4.90 Å². The van der Waals surface area contributed by atoms with Gasteiger partial charge in [-0.3, -0.25) is 0 Å². The number of benzene rings is 1. The van der Waals surface area contributed by atoms with E-state index in [9.17, 15) is 26.7 Å². The Morgan fingerprint density at radius 3 is 2.39 bits per heavy atom. The topological polar surface area (TPSA) is 113 Å². The van der Waals surface area contributed by atoms with Gasteiger partial charge in [0.2, 0.25) is 16.0 Å². The molecule has 0 saturated carbocycles. The van der Waals surface area contributed by atoms with Crippen LogP contribution in [-0.2, 0) is 15.6 Å².